The Hall–Kier alpha value is -2.15. The lowest BCUT2D eigenvalue weighted by Crippen LogP contribution is -2.30. The summed E-state index contributed by atoms with van der Waals surface area (Å²) in [5.41, 5.74) is 0.805. The van der Waals surface area contributed by atoms with Crippen LogP contribution in [-0.4, -0.2) is 48.3 Å². The topological polar surface area (TPSA) is 101 Å². The van der Waals surface area contributed by atoms with E-state index >= 15 is 0 Å². The normalized spacial score (nSPS) is 11.7. The van der Waals surface area contributed by atoms with Gasteiger partial charge in [-0.25, -0.2) is 4.79 Å². The van der Waals surface area contributed by atoms with E-state index in [1.54, 1.807) is 13.2 Å². The fourth-order valence-electron chi connectivity index (χ4n) is 1.79. The third-order valence-electron chi connectivity index (χ3n) is 2.81. The number of carbonyl (C=O) groups excluding carboxylic acids is 1. The Kier molecular flexibility index (Phi) is 7.17. The number of carbonyl (C=O) groups is 2. The first kappa shape index (κ1) is 16.9. The summed E-state index contributed by atoms with van der Waals surface area (Å²) in [4.78, 5) is 26.9. The fourth-order valence-corrected chi connectivity index (χ4v) is 1.79. The Bertz CT molecular complexity index is 479. The van der Waals surface area contributed by atoms with E-state index in [9.17, 15) is 14.7 Å². The number of pyridine rings is 1. The standard InChI is InChI=1S/C14H21N3O4/c1-3-15-13(18)12-9-10(6-7-16-12)17-11(14(19)20)5-4-8-21-2/h6-7,9,11H,3-5,8H2,1-2H3,(H,15,18)(H,16,17)(H,19,20). The van der Waals surface area contributed by atoms with Gasteiger partial charge in [0.2, 0.25) is 0 Å². The van der Waals surface area contributed by atoms with Crippen LogP contribution in [0.3, 0.4) is 0 Å². The van der Waals surface area contributed by atoms with Crippen LogP contribution in [0.2, 0.25) is 0 Å². The van der Waals surface area contributed by atoms with Gasteiger partial charge in [-0.15, -0.1) is 0 Å². The zero-order valence-corrected chi connectivity index (χ0v) is 12.3. The van der Waals surface area contributed by atoms with Gasteiger partial charge in [-0.3, -0.25) is 9.78 Å². The second-order valence-corrected chi connectivity index (χ2v) is 4.46. The summed E-state index contributed by atoms with van der Waals surface area (Å²) in [5.74, 6) is -1.23. The van der Waals surface area contributed by atoms with Crippen LogP contribution in [0.25, 0.3) is 0 Å². The predicted octanol–water partition coefficient (Wildman–Crippen LogP) is 1.12. The van der Waals surface area contributed by atoms with Crippen LogP contribution in [-0.2, 0) is 9.53 Å². The molecule has 0 aliphatic heterocycles. The van der Waals surface area contributed by atoms with Crippen LogP contribution in [0.4, 0.5) is 5.69 Å². The molecule has 116 valence electrons. The Morgan fingerprint density at radius 1 is 1.48 bits per heavy atom. The maximum absolute atomic E-state index is 11.7. The number of carboxylic acid groups (broad SMARTS) is 1. The number of nitrogens with zero attached hydrogens (tertiary/aromatic N) is 1. The number of rotatable bonds is 9. The molecular formula is C14H21N3O4. The number of anilines is 1. The third kappa shape index (κ3) is 5.78. The minimum atomic E-state index is -0.942. The number of amides is 1. The SMILES string of the molecule is CCNC(=O)c1cc(NC(CCCOC)C(=O)O)ccn1. The highest BCUT2D eigenvalue weighted by molar-refractivity contribution is 5.93. The number of carboxylic acids is 1. The lowest BCUT2D eigenvalue weighted by molar-refractivity contribution is -0.138. The number of methoxy groups -OCH3 is 1. The van der Waals surface area contributed by atoms with E-state index in [0.29, 0.717) is 31.7 Å². The van der Waals surface area contributed by atoms with Gasteiger partial charge in [0.1, 0.15) is 11.7 Å². The lowest BCUT2D eigenvalue weighted by Gasteiger charge is -2.16. The number of hydrogen-bond acceptors (Lipinski definition) is 5. The number of ether oxygens (including phenoxy) is 1. The van der Waals surface area contributed by atoms with Crippen molar-refractivity contribution in [3.05, 3.63) is 24.0 Å². The molecule has 21 heavy (non-hydrogen) atoms. The van der Waals surface area contributed by atoms with Crippen molar-refractivity contribution in [2.75, 3.05) is 25.6 Å². The van der Waals surface area contributed by atoms with Gasteiger partial charge in [-0.05, 0) is 31.9 Å². The Balaban J connectivity index is 2.72. The summed E-state index contributed by atoms with van der Waals surface area (Å²) < 4.78 is 4.92. The van der Waals surface area contributed by atoms with Crippen molar-refractivity contribution in [1.82, 2.24) is 10.3 Å². The summed E-state index contributed by atoms with van der Waals surface area (Å²) in [6.45, 7) is 2.83. The van der Waals surface area contributed by atoms with E-state index < -0.39 is 12.0 Å². The molecule has 0 radical (unpaired) electrons. The number of aliphatic carboxylic acids is 1. The molecule has 0 aromatic carbocycles. The largest absolute Gasteiger partial charge is 0.480 e. The Morgan fingerprint density at radius 3 is 2.86 bits per heavy atom. The first-order valence-corrected chi connectivity index (χ1v) is 6.81. The monoisotopic (exact) mass is 295 g/mol. The summed E-state index contributed by atoms with van der Waals surface area (Å²) in [6, 6.07) is 2.44. The minimum Gasteiger partial charge on any atom is -0.480 e. The van der Waals surface area contributed by atoms with Crippen LogP contribution < -0.4 is 10.6 Å². The molecule has 0 spiro atoms. The average molecular weight is 295 g/mol. The molecule has 0 saturated carbocycles. The molecule has 1 aromatic heterocycles. The van der Waals surface area contributed by atoms with Crippen molar-refractivity contribution in [3.63, 3.8) is 0 Å². The molecule has 7 heteroatoms. The molecule has 3 N–H and O–H groups in total. The molecule has 1 amide bonds. The molecule has 1 atom stereocenters. The van der Waals surface area contributed by atoms with Gasteiger partial charge in [-0.1, -0.05) is 0 Å². The summed E-state index contributed by atoms with van der Waals surface area (Å²) >= 11 is 0. The zero-order valence-electron chi connectivity index (χ0n) is 12.3. The van der Waals surface area contributed by atoms with Gasteiger partial charge >= 0.3 is 5.97 Å². The minimum absolute atomic E-state index is 0.253. The molecule has 1 unspecified atom stereocenters. The van der Waals surface area contributed by atoms with Crippen molar-refractivity contribution in [2.45, 2.75) is 25.8 Å². The van der Waals surface area contributed by atoms with Crippen LogP contribution in [0.15, 0.2) is 18.3 Å². The molecule has 7 nitrogen and oxygen atoms in total. The summed E-state index contributed by atoms with van der Waals surface area (Å²) in [7, 11) is 1.57. The van der Waals surface area contributed by atoms with Crippen molar-refractivity contribution < 1.29 is 19.4 Å². The van der Waals surface area contributed by atoms with Gasteiger partial charge in [-0.2, -0.15) is 0 Å². The number of aromatic nitrogens is 1. The fraction of sp³-hybridized carbons (Fsp3) is 0.500. The Labute approximate surface area is 123 Å². The second-order valence-electron chi connectivity index (χ2n) is 4.46. The van der Waals surface area contributed by atoms with E-state index in [1.807, 2.05) is 6.92 Å². The molecule has 1 aromatic rings. The molecule has 0 fully saturated rings. The van der Waals surface area contributed by atoms with Crippen molar-refractivity contribution in [1.29, 1.82) is 0 Å². The molecule has 0 aliphatic rings. The lowest BCUT2D eigenvalue weighted by atomic mass is 10.1. The Morgan fingerprint density at radius 2 is 2.24 bits per heavy atom. The van der Waals surface area contributed by atoms with Crippen LogP contribution in [0.1, 0.15) is 30.3 Å². The maximum Gasteiger partial charge on any atom is 0.326 e. The van der Waals surface area contributed by atoms with E-state index in [2.05, 4.69) is 15.6 Å². The molecule has 1 rings (SSSR count). The smallest absolute Gasteiger partial charge is 0.326 e. The highest BCUT2D eigenvalue weighted by Gasteiger charge is 2.17. The quantitative estimate of drug-likeness (QED) is 0.590. The third-order valence-corrected chi connectivity index (χ3v) is 2.81. The summed E-state index contributed by atoms with van der Waals surface area (Å²) in [6.07, 6.45) is 2.54. The van der Waals surface area contributed by atoms with Gasteiger partial charge in [0, 0.05) is 32.1 Å². The van der Waals surface area contributed by atoms with Gasteiger partial charge < -0.3 is 20.5 Å². The van der Waals surface area contributed by atoms with Crippen molar-refractivity contribution in [3.8, 4) is 0 Å². The van der Waals surface area contributed by atoms with E-state index in [1.165, 1.54) is 12.3 Å². The van der Waals surface area contributed by atoms with Crippen LogP contribution in [0.5, 0.6) is 0 Å². The first-order valence-electron chi connectivity index (χ1n) is 6.81. The summed E-state index contributed by atoms with van der Waals surface area (Å²) in [5, 5.41) is 14.7. The van der Waals surface area contributed by atoms with Crippen molar-refractivity contribution >= 4 is 17.6 Å². The maximum atomic E-state index is 11.7. The first-order chi connectivity index (χ1) is 10.1. The van der Waals surface area contributed by atoms with Crippen LogP contribution in [0, 0.1) is 0 Å². The van der Waals surface area contributed by atoms with Gasteiger partial charge in [0.15, 0.2) is 0 Å². The average Bonchev–Trinajstić information content (AvgIpc) is 2.47. The van der Waals surface area contributed by atoms with Crippen molar-refractivity contribution in [2.24, 2.45) is 0 Å². The predicted molar refractivity (Wildman–Crippen MR) is 78.4 cm³/mol. The molecule has 0 aliphatic carbocycles. The van der Waals surface area contributed by atoms with Crippen LogP contribution >= 0.6 is 0 Å². The molecule has 0 bridgehead atoms. The van der Waals surface area contributed by atoms with Gasteiger partial charge in [0.25, 0.3) is 5.91 Å². The molecular weight excluding hydrogens is 274 g/mol. The number of nitrogens with one attached hydrogen (secondary N) is 2. The van der Waals surface area contributed by atoms with Gasteiger partial charge in [0.05, 0.1) is 0 Å². The van der Waals surface area contributed by atoms with E-state index in [4.69, 9.17) is 4.74 Å². The van der Waals surface area contributed by atoms with E-state index in [-0.39, 0.29) is 11.6 Å². The zero-order chi connectivity index (χ0) is 15.7. The number of hydrogen-bond donors (Lipinski definition) is 3. The molecule has 0 saturated heterocycles. The van der Waals surface area contributed by atoms with E-state index in [0.717, 1.165) is 0 Å². The highest BCUT2D eigenvalue weighted by Crippen LogP contribution is 2.12. The highest BCUT2D eigenvalue weighted by atomic mass is 16.5. The molecule has 1 heterocycles. The second kappa shape index (κ2) is 8.91.